The van der Waals surface area contributed by atoms with Gasteiger partial charge in [0.1, 0.15) is 15.9 Å². The summed E-state index contributed by atoms with van der Waals surface area (Å²) >= 11 is 8.31. The van der Waals surface area contributed by atoms with E-state index in [4.69, 9.17) is 16.3 Å². The monoisotopic (exact) mass is 394 g/mol. The lowest BCUT2D eigenvalue weighted by Gasteiger charge is -2.17. The minimum atomic E-state index is -0.591. The Morgan fingerprint density at radius 3 is 2.92 bits per heavy atom. The van der Waals surface area contributed by atoms with Gasteiger partial charge in [-0.25, -0.2) is 4.79 Å². The summed E-state index contributed by atoms with van der Waals surface area (Å²) in [6, 6.07) is 5.34. The Labute approximate surface area is 158 Å². The number of esters is 1. The van der Waals surface area contributed by atoms with Gasteiger partial charge in [0.25, 0.3) is 5.91 Å². The molecule has 0 saturated carbocycles. The SMILES string of the molecule is C[C@H]1CCc2c(sc(NC(=O)COC(=O)c3ccc(Cl)s3)c2C#N)C1. The first-order valence-corrected chi connectivity index (χ1v) is 9.76. The Balaban J connectivity index is 1.63. The molecule has 0 fully saturated rings. The third-order valence-electron chi connectivity index (χ3n) is 3.99. The van der Waals surface area contributed by atoms with Crippen LogP contribution in [0.25, 0.3) is 0 Å². The standard InChI is InChI=1S/C17H15ClN2O3S2/c1-9-2-3-10-11(7-19)16(25-13(10)6-9)20-15(21)8-23-17(22)12-4-5-14(18)24-12/h4-5,9H,2-3,6,8H2,1H3,(H,20,21)/t9-/m0/s1. The van der Waals surface area contributed by atoms with Crippen molar-refractivity contribution in [2.24, 2.45) is 5.92 Å². The molecule has 2 heterocycles. The molecule has 0 bridgehead atoms. The molecule has 1 aliphatic rings. The number of rotatable bonds is 4. The zero-order valence-electron chi connectivity index (χ0n) is 13.4. The number of thiophene rings is 2. The number of halogens is 1. The second kappa shape index (κ2) is 7.56. The number of amides is 1. The quantitative estimate of drug-likeness (QED) is 0.786. The first-order valence-electron chi connectivity index (χ1n) is 7.75. The lowest BCUT2D eigenvalue weighted by Crippen LogP contribution is -2.20. The molecule has 8 heteroatoms. The predicted molar refractivity (Wildman–Crippen MR) is 98.5 cm³/mol. The van der Waals surface area contributed by atoms with Crippen molar-refractivity contribution in [1.29, 1.82) is 5.26 Å². The van der Waals surface area contributed by atoms with Gasteiger partial charge in [-0.05, 0) is 42.9 Å². The molecule has 1 amide bonds. The van der Waals surface area contributed by atoms with Crippen molar-refractivity contribution < 1.29 is 14.3 Å². The molecule has 2 aromatic rings. The van der Waals surface area contributed by atoms with E-state index in [1.807, 2.05) is 0 Å². The summed E-state index contributed by atoms with van der Waals surface area (Å²) in [7, 11) is 0. The summed E-state index contributed by atoms with van der Waals surface area (Å²) in [5.41, 5.74) is 1.59. The van der Waals surface area contributed by atoms with E-state index in [0.29, 0.717) is 25.7 Å². The number of fused-ring (bicyclic) bond motifs is 1. The van der Waals surface area contributed by atoms with Crippen LogP contribution in [0.15, 0.2) is 12.1 Å². The van der Waals surface area contributed by atoms with Crippen molar-refractivity contribution in [3.8, 4) is 6.07 Å². The van der Waals surface area contributed by atoms with Crippen LogP contribution in [-0.2, 0) is 22.4 Å². The van der Waals surface area contributed by atoms with Gasteiger partial charge in [0.15, 0.2) is 6.61 Å². The highest BCUT2D eigenvalue weighted by Crippen LogP contribution is 2.39. The lowest BCUT2D eigenvalue weighted by molar-refractivity contribution is -0.119. The van der Waals surface area contributed by atoms with Gasteiger partial charge in [-0.2, -0.15) is 5.26 Å². The number of ether oxygens (including phenoxy) is 1. The molecule has 0 aliphatic heterocycles. The fraction of sp³-hybridized carbons (Fsp3) is 0.353. The number of nitriles is 1. The summed E-state index contributed by atoms with van der Waals surface area (Å²) in [5.74, 6) is -0.467. The van der Waals surface area contributed by atoms with Gasteiger partial charge in [0.2, 0.25) is 0 Å². The average molecular weight is 395 g/mol. The number of nitrogens with zero attached hydrogens (tertiary/aromatic N) is 1. The van der Waals surface area contributed by atoms with Crippen molar-refractivity contribution >= 4 is 51.2 Å². The molecule has 5 nitrogen and oxygen atoms in total. The van der Waals surface area contributed by atoms with Crippen LogP contribution in [0.3, 0.4) is 0 Å². The summed E-state index contributed by atoms with van der Waals surface area (Å²) in [6.45, 7) is 1.78. The van der Waals surface area contributed by atoms with Gasteiger partial charge in [-0.15, -0.1) is 22.7 Å². The van der Waals surface area contributed by atoms with Crippen LogP contribution in [0.4, 0.5) is 5.00 Å². The van der Waals surface area contributed by atoms with Crippen LogP contribution in [0.2, 0.25) is 4.34 Å². The van der Waals surface area contributed by atoms with Crippen LogP contribution >= 0.6 is 34.3 Å². The maximum Gasteiger partial charge on any atom is 0.348 e. The highest BCUT2D eigenvalue weighted by molar-refractivity contribution is 7.18. The Kier molecular flexibility index (Phi) is 5.42. The summed E-state index contributed by atoms with van der Waals surface area (Å²) in [6.07, 6.45) is 2.84. The number of carbonyl (C=O) groups excluding carboxylic acids is 2. The van der Waals surface area contributed by atoms with E-state index >= 15 is 0 Å². The van der Waals surface area contributed by atoms with Gasteiger partial charge >= 0.3 is 5.97 Å². The van der Waals surface area contributed by atoms with Crippen molar-refractivity contribution in [2.45, 2.75) is 26.2 Å². The molecule has 0 aromatic carbocycles. The van der Waals surface area contributed by atoms with Crippen LogP contribution in [0.1, 0.15) is 39.0 Å². The van der Waals surface area contributed by atoms with E-state index < -0.39 is 18.5 Å². The van der Waals surface area contributed by atoms with Crippen molar-refractivity contribution in [1.82, 2.24) is 0 Å². The van der Waals surface area contributed by atoms with Gasteiger partial charge in [0.05, 0.1) is 9.90 Å². The predicted octanol–water partition coefficient (Wildman–Crippen LogP) is 4.25. The number of anilines is 1. The highest BCUT2D eigenvalue weighted by atomic mass is 35.5. The van der Waals surface area contributed by atoms with Crippen molar-refractivity contribution in [2.75, 3.05) is 11.9 Å². The van der Waals surface area contributed by atoms with Crippen LogP contribution in [0, 0.1) is 17.2 Å². The van der Waals surface area contributed by atoms with Gasteiger partial charge < -0.3 is 10.1 Å². The first-order chi connectivity index (χ1) is 12.0. The van der Waals surface area contributed by atoms with Crippen molar-refractivity contribution in [3.63, 3.8) is 0 Å². The second-order valence-corrected chi connectivity index (χ2v) is 8.72. The molecule has 3 rings (SSSR count). The maximum atomic E-state index is 12.1. The molecule has 2 aromatic heterocycles. The minimum absolute atomic E-state index is 0.344. The lowest BCUT2D eigenvalue weighted by atomic mass is 9.89. The topological polar surface area (TPSA) is 79.2 Å². The highest BCUT2D eigenvalue weighted by Gasteiger charge is 2.25. The fourth-order valence-electron chi connectivity index (χ4n) is 2.75. The fourth-order valence-corrected chi connectivity index (χ4v) is 5.06. The Morgan fingerprint density at radius 1 is 1.44 bits per heavy atom. The summed E-state index contributed by atoms with van der Waals surface area (Å²) in [5, 5.41) is 12.7. The smallest absolute Gasteiger partial charge is 0.348 e. The van der Waals surface area contributed by atoms with E-state index in [2.05, 4.69) is 18.3 Å². The molecule has 1 N–H and O–H groups in total. The minimum Gasteiger partial charge on any atom is -0.451 e. The van der Waals surface area contributed by atoms with Crippen LogP contribution in [0.5, 0.6) is 0 Å². The molecule has 1 atom stereocenters. The van der Waals surface area contributed by atoms with Gasteiger partial charge in [0, 0.05) is 4.88 Å². The molecular formula is C17H15ClN2O3S2. The number of hydrogen-bond acceptors (Lipinski definition) is 6. The summed E-state index contributed by atoms with van der Waals surface area (Å²) in [4.78, 5) is 25.4. The van der Waals surface area contributed by atoms with E-state index in [-0.39, 0.29) is 0 Å². The molecular weight excluding hydrogens is 380 g/mol. The Morgan fingerprint density at radius 2 is 2.24 bits per heavy atom. The van der Waals surface area contributed by atoms with Crippen LogP contribution < -0.4 is 5.32 Å². The maximum absolute atomic E-state index is 12.1. The molecule has 130 valence electrons. The van der Waals surface area contributed by atoms with E-state index in [1.54, 1.807) is 12.1 Å². The first kappa shape index (κ1) is 17.9. The van der Waals surface area contributed by atoms with E-state index in [9.17, 15) is 14.9 Å². The zero-order chi connectivity index (χ0) is 18.0. The average Bonchev–Trinajstić information content (AvgIpc) is 3.15. The summed E-state index contributed by atoms with van der Waals surface area (Å²) < 4.78 is 5.47. The Bertz CT molecular complexity index is 866. The molecule has 25 heavy (non-hydrogen) atoms. The van der Waals surface area contributed by atoms with Gasteiger partial charge in [-0.1, -0.05) is 18.5 Å². The van der Waals surface area contributed by atoms with Crippen LogP contribution in [-0.4, -0.2) is 18.5 Å². The molecule has 0 unspecified atom stereocenters. The molecule has 0 radical (unpaired) electrons. The third kappa shape index (κ3) is 4.03. The molecule has 0 spiro atoms. The number of carbonyl (C=O) groups is 2. The van der Waals surface area contributed by atoms with Crippen molar-refractivity contribution in [3.05, 3.63) is 37.4 Å². The Hall–Kier alpha value is -1.88. The molecule has 0 saturated heterocycles. The number of nitrogens with one attached hydrogen (secondary N) is 1. The normalized spacial score (nSPS) is 16.0. The zero-order valence-corrected chi connectivity index (χ0v) is 15.8. The number of hydrogen-bond donors (Lipinski definition) is 1. The second-order valence-electron chi connectivity index (χ2n) is 5.90. The molecule has 1 aliphatic carbocycles. The van der Waals surface area contributed by atoms with Gasteiger partial charge in [-0.3, -0.25) is 4.79 Å². The third-order valence-corrected chi connectivity index (χ3v) is 6.37. The van der Waals surface area contributed by atoms with E-state index in [0.717, 1.165) is 41.0 Å². The van der Waals surface area contributed by atoms with E-state index in [1.165, 1.54) is 11.3 Å². The largest absolute Gasteiger partial charge is 0.451 e.